The normalized spacial score (nSPS) is 19.3. The summed E-state index contributed by atoms with van der Waals surface area (Å²) in [6.07, 6.45) is 5.95. The molecule has 0 aromatic heterocycles. The maximum absolute atomic E-state index is 9.10. The molecule has 5 heteroatoms. The number of hydrogen-bond donors (Lipinski definition) is 3. The third-order valence-electron chi connectivity index (χ3n) is 2.78. The van der Waals surface area contributed by atoms with E-state index in [1.54, 1.807) is 0 Å². The van der Waals surface area contributed by atoms with Crippen molar-refractivity contribution in [3.8, 4) is 0 Å². The van der Waals surface area contributed by atoms with Crippen molar-refractivity contribution in [2.24, 2.45) is 11.8 Å². The second kappa shape index (κ2) is 5.11. The summed E-state index contributed by atoms with van der Waals surface area (Å²) in [5.41, 5.74) is 0. The second-order valence-corrected chi connectivity index (χ2v) is 4.10. The van der Waals surface area contributed by atoms with Crippen molar-refractivity contribution < 1.29 is 19.8 Å². The van der Waals surface area contributed by atoms with E-state index in [1.165, 1.54) is 25.7 Å². The molecule has 15 heavy (non-hydrogen) atoms. The zero-order valence-corrected chi connectivity index (χ0v) is 8.77. The van der Waals surface area contributed by atoms with Crippen molar-refractivity contribution >= 4 is 11.9 Å². The van der Waals surface area contributed by atoms with Crippen LogP contribution in [-0.2, 0) is 9.59 Å². The van der Waals surface area contributed by atoms with Crippen molar-refractivity contribution in [2.45, 2.75) is 31.7 Å². The van der Waals surface area contributed by atoms with E-state index in [-0.39, 0.29) is 0 Å². The third kappa shape index (κ3) is 4.29. The number of hydrogen-bond acceptors (Lipinski definition) is 3. The summed E-state index contributed by atoms with van der Waals surface area (Å²) in [5, 5.41) is 18.2. The summed E-state index contributed by atoms with van der Waals surface area (Å²) < 4.78 is 0. The number of carboxylic acid groups (broad SMARTS) is 2. The fourth-order valence-corrected chi connectivity index (χ4v) is 1.77. The lowest BCUT2D eigenvalue weighted by molar-refractivity contribution is -0.159. The highest BCUT2D eigenvalue weighted by Crippen LogP contribution is 2.44. The minimum absolute atomic E-state index is 0.894. The van der Waals surface area contributed by atoms with E-state index in [1.807, 2.05) is 0 Å². The minimum Gasteiger partial charge on any atom is -0.473 e. The molecule has 3 N–H and O–H groups in total. The maximum Gasteiger partial charge on any atom is 0.414 e. The molecule has 2 aliphatic rings. The molecule has 0 radical (unpaired) electrons. The van der Waals surface area contributed by atoms with Crippen molar-refractivity contribution in [2.75, 3.05) is 7.05 Å². The molecule has 0 atom stereocenters. The Labute approximate surface area is 88.5 Å². The quantitative estimate of drug-likeness (QED) is 0.598. The number of carboxylic acids is 2. The average molecular weight is 215 g/mol. The molecule has 0 amide bonds. The average Bonchev–Trinajstić information content (AvgIpc) is 3.00. The van der Waals surface area contributed by atoms with Crippen molar-refractivity contribution in [3.05, 3.63) is 0 Å². The van der Waals surface area contributed by atoms with E-state index in [4.69, 9.17) is 19.8 Å². The topological polar surface area (TPSA) is 86.6 Å². The van der Waals surface area contributed by atoms with Crippen LogP contribution in [0.25, 0.3) is 0 Å². The Balaban J connectivity index is 0.000000167. The highest BCUT2D eigenvalue weighted by molar-refractivity contribution is 6.27. The molecule has 0 aliphatic heterocycles. The van der Waals surface area contributed by atoms with Gasteiger partial charge in [-0.3, -0.25) is 0 Å². The first-order valence-electron chi connectivity index (χ1n) is 5.19. The molecule has 2 rings (SSSR count). The van der Waals surface area contributed by atoms with Gasteiger partial charge in [0.25, 0.3) is 0 Å². The van der Waals surface area contributed by atoms with Crippen LogP contribution in [0, 0.1) is 11.8 Å². The molecule has 0 spiro atoms. The zero-order valence-electron chi connectivity index (χ0n) is 8.77. The summed E-state index contributed by atoms with van der Waals surface area (Å²) in [5.74, 6) is -1.53. The van der Waals surface area contributed by atoms with E-state index in [0.717, 1.165) is 17.9 Å². The molecule has 0 saturated heterocycles. The lowest BCUT2D eigenvalue weighted by atomic mass is 10.1. The van der Waals surface area contributed by atoms with Crippen LogP contribution in [0.5, 0.6) is 0 Å². The fourth-order valence-electron chi connectivity index (χ4n) is 1.77. The monoisotopic (exact) mass is 215 g/mol. The van der Waals surface area contributed by atoms with Gasteiger partial charge in [0.1, 0.15) is 0 Å². The first kappa shape index (κ1) is 12.0. The summed E-state index contributed by atoms with van der Waals surface area (Å²) in [6.45, 7) is 0. The zero-order chi connectivity index (χ0) is 11.4. The van der Waals surface area contributed by atoms with E-state index >= 15 is 0 Å². The Morgan fingerprint density at radius 1 is 1.07 bits per heavy atom. The van der Waals surface area contributed by atoms with Crippen LogP contribution >= 0.6 is 0 Å². The molecule has 0 unspecified atom stereocenters. The maximum atomic E-state index is 9.10. The van der Waals surface area contributed by atoms with Gasteiger partial charge in [0.05, 0.1) is 0 Å². The molecule has 5 nitrogen and oxygen atoms in total. The Bertz CT molecular complexity index is 222. The van der Waals surface area contributed by atoms with Crippen LogP contribution in [0.4, 0.5) is 0 Å². The van der Waals surface area contributed by atoms with E-state index in [9.17, 15) is 0 Å². The molecular weight excluding hydrogens is 198 g/mol. The summed E-state index contributed by atoms with van der Waals surface area (Å²) >= 11 is 0. The molecule has 86 valence electrons. The SMILES string of the molecule is CNC(C1CC1)C1CC1.O=C(O)C(=O)O. The van der Waals surface area contributed by atoms with Crippen molar-refractivity contribution in [1.82, 2.24) is 5.32 Å². The predicted octanol–water partition coefficient (Wildman–Crippen LogP) is 0.550. The number of nitrogens with one attached hydrogen (secondary N) is 1. The highest BCUT2D eigenvalue weighted by Gasteiger charge is 2.40. The minimum atomic E-state index is -1.82. The number of carbonyl (C=O) groups is 2. The molecule has 2 fully saturated rings. The second-order valence-electron chi connectivity index (χ2n) is 4.10. The first-order chi connectivity index (χ1) is 7.06. The van der Waals surface area contributed by atoms with Gasteiger partial charge in [-0.2, -0.15) is 0 Å². The third-order valence-corrected chi connectivity index (χ3v) is 2.78. The standard InChI is InChI=1S/C8H15N.C2H2O4/c1-9-8(6-2-3-6)7-4-5-7;3-1(4)2(5)6/h6-9H,2-5H2,1H3;(H,3,4)(H,5,6). The van der Waals surface area contributed by atoms with E-state index < -0.39 is 11.9 Å². The Hall–Kier alpha value is -1.10. The van der Waals surface area contributed by atoms with Gasteiger partial charge >= 0.3 is 11.9 Å². The van der Waals surface area contributed by atoms with Gasteiger partial charge in [-0.15, -0.1) is 0 Å². The van der Waals surface area contributed by atoms with Gasteiger partial charge in [0, 0.05) is 6.04 Å². The van der Waals surface area contributed by atoms with Crippen LogP contribution in [0.15, 0.2) is 0 Å². The molecule has 0 heterocycles. The first-order valence-corrected chi connectivity index (χ1v) is 5.19. The molecule has 0 aromatic carbocycles. The molecule has 2 saturated carbocycles. The van der Waals surface area contributed by atoms with Crippen molar-refractivity contribution in [1.29, 1.82) is 0 Å². The van der Waals surface area contributed by atoms with Crippen LogP contribution in [0.2, 0.25) is 0 Å². The van der Waals surface area contributed by atoms with Crippen LogP contribution in [0.3, 0.4) is 0 Å². The fraction of sp³-hybridized carbons (Fsp3) is 0.800. The highest BCUT2D eigenvalue weighted by atomic mass is 16.4. The van der Waals surface area contributed by atoms with Gasteiger partial charge in [0.15, 0.2) is 0 Å². The summed E-state index contributed by atoms with van der Waals surface area (Å²) in [6, 6.07) is 0.894. The van der Waals surface area contributed by atoms with E-state index in [2.05, 4.69) is 12.4 Å². The van der Waals surface area contributed by atoms with Gasteiger partial charge in [-0.25, -0.2) is 9.59 Å². The molecule has 0 bridgehead atoms. The Kier molecular flexibility index (Phi) is 4.08. The smallest absolute Gasteiger partial charge is 0.414 e. The van der Waals surface area contributed by atoms with Gasteiger partial charge < -0.3 is 15.5 Å². The van der Waals surface area contributed by atoms with Crippen molar-refractivity contribution in [3.63, 3.8) is 0 Å². The van der Waals surface area contributed by atoms with Crippen LogP contribution in [0.1, 0.15) is 25.7 Å². The molecular formula is C10H17NO4. The summed E-state index contributed by atoms with van der Waals surface area (Å²) in [7, 11) is 2.11. The van der Waals surface area contributed by atoms with E-state index in [0.29, 0.717) is 0 Å². The largest absolute Gasteiger partial charge is 0.473 e. The van der Waals surface area contributed by atoms with Crippen LogP contribution < -0.4 is 5.32 Å². The number of rotatable bonds is 3. The Morgan fingerprint density at radius 3 is 1.53 bits per heavy atom. The molecule has 0 aromatic rings. The van der Waals surface area contributed by atoms with Gasteiger partial charge in [0.2, 0.25) is 0 Å². The number of aliphatic carboxylic acids is 2. The van der Waals surface area contributed by atoms with Gasteiger partial charge in [-0.1, -0.05) is 0 Å². The summed E-state index contributed by atoms with van der Waals surface area (Å²) in [4.78, 5) is 18.2. The van der Waals surface area contributed by atoms with Gasteiger partial charge in [-0.05, 0) is 44.6 Å². The Morgan fingerprint density at radius 2 is 1.40 bits per heavy atom. The molecule has 2 aliphatic carbocycles. The lowest BCUT2D eigenvalue weighted by Crippen LogP contribution is -2.29. The lowest BCUT2D eigenvalue weighted by Gasteiger charge is -2.12. The van der Waals surface area contributed by atoms with Crippen LogP contribution in [-0.4, -0.2) is 35.2 Å². The predicted molar refractivity (Wildman–Crippen MR) is 53.6 cm³/mol.